The summed E-state index contributed by atoms with van der Waals surface area (Å²) in [4.78, 5) is 3.59. The molecular formula is C24H35NOS. The normalized spacial score (nSPS) is 12.6. The van der Waals surface area contributed by atoms with Crippen molar-refractivity contribution in [1.29, 1.82) is 0 Å². The van der Waals surface area contributed by atoms with Gasteiger partial charge in [-0.2, -0.15) is 0 Å². The average molecular weight is 386 g/mol. The molecule has 0 aliphatic heterocycles. The predicted octanol–water partition coefficient (Wildman–Crippen LogP) is 6.34. The van der Waals surface area contributed by atoms with Crippen molar-refractivity contribution in [3.8, 4) is 5.75 Å². The van der Waals surface area contributed by atoms with Crippen LogP contribution in [-0.4, -0.2) is 23.3 Å². The minimum absolute atomic E-state index is 0.0481. The molecule has 0 spiro atoms. The van der Waals surface area contributed by atoms with Gasteiger partial charge in [0.15, 0.2) is 0 Å². The number of thioether (sulfide) groups is 1. The first-order valence-corrected chi connectivity index (χ1v) is 10.8. The molecule has 0 fully saturated rings. The van der Waals surface area contributed by atoms with Crippen molar-refractivity contribution >= 4 is 11.8 Å². The first kappa shape index (κ1) is 21.8. The Morgan fingerprint density at radius 3 is 2.04 bits per heavy atom. The summed E-state index contributed by atoms with van der Waals surface area (Å²) in [6.45, 7) is 14.8. The quantitative estimate of drug-likeness (QED) is 0.607. The fourth-order valence-corrected chi connectivity index (χ4v) is 3.90. The van der Waals surface area contributed by atoms with Gasteiger partial charge in [-0.1, -0.05) is 71.9 Å². The number of nitrogens with zero attached hydrogens (tertiary/aromatic N) is 1. The summed E-state index contributed by atoms with van der Waals surface area (Å²) < 4.78 is 0. The fraction of sp³-hybridized carbons (Fsp3) is 0.500. The summed E-state index contributed by atoms with van der Waals surface area (Å²) in [5.74, 6) is 0.445. The number of benzene rings is 2. The molecule has 0 radical (unpaired) electrons. The van der Waals surface area contributed by atoms with E-state index in [1.165, 1.54) is 16.0 Å². The van der Waals surface area contributed by atoms with Crippen LogP contribution in [0, 0.1) is 0 Å². The molecule has 2 nitrogen and oxygen atoms in total. The largest absolute Gasteiger partial charge is 0.507 e. The third kappa shape index (κ3) is 5.52. The van der Waals surface area contributed by atoms with Crippen molar-refractivity contribution in [3.05, 3.63) is 58.7 Å². The molecule has 2 aromatic rings. The number of hydrogen-bond acceptors (Lipinski definition) is 3. The average Bonchev–Trinajstić information content (AvgIpc) is 2.55. The summed E-state index contributed by atoms with van der Waals surface area (Å²) >= 11 is 1.78. The lowest BCUT2D eigenvalue weighted by Crippen LogP contribution is -2.21. The number of rotatable bonds is 5. The van der Waals surface area contributed by atoms with Crippen LogP contribution in [0.3, 0.4) is 0 Å². The fourth-order valence-electron chi connectivity index (χ4n) is 3.29. The van der Waals surface area contributed by atoms with Gasteiger partial charge in [0.1, 0.15) is 5.75 Å². The van der Waals surface area contributed by atoms with Crippen LogP contribution in [0.15, 0.2) is 41.3 Å². The maximum absolute atomic E-state index is 11.0. The predicted molar refractivity (Wildman–Crippen MR) is 119 cm³/mol. The molecule has 0 bridgehead atoms. The van der Waals surface area contributed by atoms with E-state index in [9.17, 15) is 5.11 Å². The Morgan fingerprint density at radius 1 is 0.889 bits per heavy atom. The molecule has 27 heavy (non-hydrogen) atoms. The Morgan fingerprint density at radius 2 is 1.48 bits per heavy atom. The molecule has 0 aliphatic carbocycles. The molecule has 2 rings (SSSR count). The second kappa shape index (κ2) is 8.28. The summed E-state index contributed by atoms with van der Waals surface area (Å²) in [6, 6.07) is 12.9. The van der Waals surface area contributed by atoms with Crippen LogP contribution in [-0.2, 0) is 23.9 Å². The number of hydrogen-bond donors (Lipinski definition) is 1. The molecule has 0 amide bonds. The molecule has 0 aromatic heterocycles. The van der Waals surface area contributed by atoms with Crippen molar-refractivity contribution in [2.24, 2.45) is 0 Å². The van der Waals surface area contributed by atoms with Crippen molar-refractivity contribution in [2.45, 2.75) is 70.4 Å². The highest BCUT2D eigenvalue weighted by Gasteiger charge is 2.25. The molecule has 1 N–H and O–H groups in total. The van der Waals surface area contributed by atoms with Crippen LogP contribution < -0.4 is 0 Å². The lowest BCUT2D eigenvalue weighted by atomic mass is 9.79. The van der Waals surface area contributed by atoms with E-state index in [4.69, 9.17) is 0 Å². The topological polar surface area (TPSA) is 23.5 Å². The van der Waals surface area contributed by atoms with E-state index in [0.717, 1.165) is 24.2 Å². The van der Waals surface area contributed by atoms with Crippen molar-refractivity contribution in [3.63, 3.8) is 0 Å². The first-order chi connectivity index (χ1) is 12.4. The number of phenols is 1. The Balaban J connectivity index is 2.37. The van der Waals surface area contributed by atoms with E-state index >= 15 is 0 Å². The first-order valence-electron chi connectivity index (χ1n) is 9.60. The molecule has 3 heteroatoms. The lowest BCUT2D eigenvalue weighted by Gasteiger charge is -2.29. The maximum Gasteiger partial charge on any atom is 0.123 e. The van der Waals surface area contributed by atoms with Crippen molar-refractivity contribution < 1.29 is 5.11 Å². The van der Waals surface area contributed by atoms with Gasteiger partial charge in [-0.05, 0) is 46.9 Å². The van der Waals surface area contributed by atoms with Gasteiger partial charge in [-0.25, -0.2) is 0 Å². The third-order valence-corrected chi connectivity index (χ3v) is 5.77. The van der Waals surface area contributed by atoms with E-state index in [0.29, 0.717) is 5.75 Å². The monoisotopic (exact) mass is 385 g/mol. The smallest absolute Gasteiger partial charge is 0.123 e. The molecule has 2 aromatic carbocycles. The van der Waals surface area contributed by atoms with Crippen LogP contribution in [0.2, 0.25) is 0 Å². The van der Waals surface area contributed by atoms with Crippen LogP contribution in [0.5, 0.6) is 5.75 Å². The third-order valence-electron chi connectivity index (χ3n) is 4.94. The van der Waals surface area contributed by atoms with Crippen LogP contribution in [0.4, 0.5) is 0 Å². The van der Waals surface area contributed by atoms with E-state index in [-0.39, 0.29) is 10.8 Å². The SMILES string of the molecule is CSc1ccccc1CN(C)Cc1cc(C(C)(C)C)cc(C(C)(C)C)c1O. The zero-order valence-electron chi connectivity index (χ0n) is 18.2. The second-order valence-corrected chi connectivity index (χ2v) is 10.4. The molecule has 0 atom stereocenters. The van der Waals surface area contributed by atoms with Gasteiger partial charge in [0.05, 0.1) is 0 Å². The molecule has 0 saturated carbocycles. The number of aromatic hydroxyl groups is 1. The standard InChI is InChI=1S/C24H35NOS/c1-23(2,3)19-13-18(22(26)20(14-19)24(4,5)6)16-25(7)15-17-11-9-10-12-21(17)27-8/h9-14,26H,15-16H2,1-8H3. The van der Waals surface area contributed by atoms with Crippen molar-refractivity contribution in [1.82, 2.24) is 4.90 Å². The van der Waals surface area contributed by atoms with Gasteiger partial charge in [-0.15, -0.1) is 11.8 Å². The minimum atomic E-state index is -0.0931. The Hall–Kier alpha value is -1.45. The zero-order chi connectivity index (χ0) is 20.4. The van der Waals surface area contributed by atoms with E-state index < -0.39 is 0 Å². The number of phenolic OH excluding ortho intramolecular Hbond substituents is 1. The van der Waals surface area contributed by atoms with E-state index in [2.05, 4.69) is 96.1 Å². The highest BCUT2D eigenvalue weighted by molar-refractivity contribution is 7.98. The van der Waals surface area contributed by atoms with Crippen LogP contribution in [0.1, 0.15) is 63.8 Å². The van der Waals surface area contributed by atoms with E-state index in [1.807, 2.05) is 0 Å². The van der Waals surface area contributed by atoms with Gasteiger partial charge in [0.2, 0.25) is 0 Å². The molecular weight excluding hydrogens is 350 g/mol. The van der Waals surface area contributed by atoms with Gasteiger partial charge >= 0.3 is 0 Å². The Bertz CT molecular complexity index is 784. The summed E-state index contributed by atoms with van der Waals surface area (Å²) in [5, 5.41) is 11.0. The molecule has 0 aliphatic rings. The van der Waals surface area contributed by atoms with Crippen LogP contribution >= 0.6 is 11.8 Å². The van der Waals surface area contributed by atoms with Gasteiger partial charge in [-0.3, -0.25) is 4.90 Å². The summed E-state index contributed by atoms with van der Waals surface area (Å²) in [5.41, 5.74) is 4.60. The molecule has 0 unspecified atom stereocenters. The molecule has 0 heterocycles. The summed E-state index contributed by atoms with van der Waals surface area (Å²) in [6.07, 6.45) is 2.12. The van der Waals surface area contributed by atoms with Crippen molar-refractivity contribution in [2.75, 3.05) is 13.3 Å². The lowest BCUT2D eigenvalue weighted by molar-refractivity contribution is 0.308. The maximum atomic E-state index is 11.0. The van der Waals surface area contributed by atoms with E-state index in [1.54, 1.807) is 11.8 Å². The molecule has 148 valence electrons. The zero-order valence-corrected chi connectivity index (χ0v) is 19.0. The van der Waals surface area contributed by atoms with Gasteiger partial charge < -0.3 is 5.11 Å². The minimum Gasteiger partial charge on any atom is -0.507 e. The molecule has 0 saturated heterocycles. The van der Waals surface area contributed by atoms with Crippen LogP contribution in [0.25, 0.3) is 0 Å². The Kier molecular flexibility index (Phi) is 6.70. The summed E-state index contributed by atoms with van der Waals surface area (Å²) in [7, 11) is 2.12. The van der Waals surface area contributed by atoms with Gasteiger partial charge in [0.25, 0.3) is 0 Å². The van der Waals surface area contributed by atoms with Gasteiger partial charge in [0, 0.05) is 23.5 Å². The Labute approximate surface area is 170 Å². The highest BCUT2D eigenvalue weighted by atomic mass is 32.2. The highest BCUT2D eigenvalue weighted by Crippen LogP contribution is 2.38. The second-order valence-electron chi connectivity index (χ2n) is 9.52.